The summed E-state index contributed by atoms with van der Waals surface area (Å²) in [4.78, 5) is 35.3. The third kappa shape index (κ3) is 28.7. The summed E-state index contributed by atoms with van der Waals surface area (Å²) in [6.07, 6.45) is 34.6. The molecule has 9 nitrogen and oxygen atoms in total. The molecule has 1 aliphatic rings. The number of ether oxygens (including phenoxy) is 5. The van der Waals surface area contributed by atoms with E-state index in [0.717, 1.165) is 19.3 Å². The van der Waals surface area contributed by atoms with Gasteiger partial charge in [-0.05, 0) is 39.3 Å². The lowest BCUT2D eigenvalue weighted by Crippen LogP contribution is -2.61. The first-order valence-corrected chi connectivity index (χ1v) is 22.8. The molecule has 0 spiro atoms. The number of unbranched alkanes of at least 4 members (excludes halogenated alkanes) is 27. The van der Waals surface area contributed by atoms with Gasteiger partial charge in [0.1, 0.15) is 0 Å². The molecule has 1 fully saturated rings. The molecule has 0 saturated carbocycles. The fraction of sp³-hybridized carbons (Fsp3) is 0.933. The number of hydrogen-bond donors (Lipinski definition) is 1. The predicted molar refractivity (Wildman–Crippen MR) is 219 cm³/mol. The lowest BCUT2D eigenvalue weighted by molar-refractivity contribution is -0.300. The molecular weight excluding hydrogens is 682 g/mol. The standard InChI is InChI=1S/C45H85NO8/c1-6-7-8-9-10-11-12-13-14-15-17-20-23-26-29-32-35-46-36-33-30-27-24-21-18-16-19-22-25-28-31-34-37-50-45-44(54-41(5)49)43(53-40(4)48)42(38(2)51-45)52-39(3)47/h38,42-46H,6-37H2,1-5H3/t38-,42+,43+,44-,45-/m0/s1. The molecular formula is C45H85NO8. The van der Waals surface area contributed by atoms with E-state index in [1.807, 2.05) is 0 Å². The number of rotatable bonds is 37. The number of hydrogen-bond acceptors (Lipinski definition) is 9. The highest BCUT2D eigenvalue weighted by Gasteiger charge is 2.50. The Morgan fingerprint density at radius 3 is 1.13 bits per heavy atom. The molecule has 1 rings (SSSR count). The molecule has 5 atom stereocenters. The number of nitrogens with one attached hydrogen (secondary N) is 1. The number of carbonyl (C=O) groups excluding carboxylic acids is 3. The van der Waals surface area contributed by atoms with Crippen molar-refractivity contribution in [2.45, 2.75) is 252 Å². The van der Waals surface area contributed by atoms with E-state index in [1.54, 1.807) is 6.92 Å². The van der Waals surface area contributed by atoms with Gasteiger partial charge in [-0.1, -0.05) is 174 Å². The van der Waals surface area contributed by atoms with Crippen LogP contribution in [0.5, 0.6) is 0 Å². The minimum Gasteiger partial charge on any atom is -0.456 e. The van der Waals surface area contributed by atoms with Gasteiger partial charge in [0.15, 0.2) is 24.6 Å². The second kappa shape index (κ2) is 35.7. The van der Waals surface area contributed by atoms with Gasteiger partial charge in [0, 0.05) is 27.4 Å². The molecule has 1 N–H and O–H groups in total. The summed E-state index contributed by atoms with van der Waals surface area (Å²) in [5, 5.41) is 3.66. The van der Waals surface area contributed by atoms with Crippen LogP contribution in [0.1, 0.15) is 221 Å². The third-order valence-electron chi connectivity index (χ3n) is 10.6. The van der Waals surface area contributed by atoms with Crippen LogP contribution >= 0.6 is 0 Å². The van der Waals surface area contributed by atoms with Crippen molar-refractivity contribution < 1.29 is 38.1 Å². The van der Waals surface area contributed by atoms with Crippen LogP contribution in [-0.4, -0.2) is 68.3 Å². The van der Waals surface area contributed by atoms with Crippen molar-refractivity contribution in [2.24, 2.45) is 0 Å². The van der Waals surface area contributed by atoms with Gasteiger partial charge in [-0.25, -0.2) is 0 Å². The lowest BCUT2D eigenvalue weighted by atomic mass is 9.99. The molecule has 1 saturated heterocycles. The van der Waals surface area contributed by atoms with Gasteiger partial charge in [-0.3, -0.25) is 14.4 Å². The Morgan fingerprint density at radius 2 is 0.759 bits per heavy atom. The van der Waals surface area contributed by atoms with Gasteiger partial charge in [0.25, 0.3) is 0 Å². The Kier molecular flexibility index (Phi) is 33.2. The normalized spacial score (nSPS) is 19.8. The van der Waals surface area contributed by atoms with Crippen LogP contribution in [0, 0.1) is 0 Å². The minimum atomic E-state index is -1.03. The van der Waals surface area contributed by atoms with Gasteiger partial charge in [-0.2, -0.15) is 0 Å². The van der Waals surface area contributed by atoms with Crippen LogP contribution in [-0.2, 0) is 38.1 Å². The zero-order valence-corrected chi connectivity index (χ0v) is 35.8. The summed E-state index contributed by atoms with van der Waals surface area (Å²) in [5.74, 6) is -1.68. The van der Waals surface area contributed by atoms with E-state index < -0.39 is 48.6 Å². The highest BCUT2D eigenvalue weighted by Crippen LogP contribution is 2.29. The average molecular weight is 768 g/mol. The molecule has 318 valence electrons. The Balaban J connectivity index is 1.89. The topological polar surface area (TPSA) is 109 Å². The minimum absolute atomic E-state index is 0.426. The molecule has 0 bridgehead atoms. The molecule has 9 heteroatoms. The van der Waals surface area contributed by atoms with E-state index >= 15 is 0 Å². The molecule has 1 aliphatic heterocycles. The van der Waals surface area contributed by atoms with Crippen molar-refractivity contribution in [1.29, 1.82) is 0 Å². The molecule has 0 amide bonds. The maximum atomic E-state index is 11.8. The zero-order chi connectivity index (χ0) is 39.5. The van der Waals surface area contributed by atoms with E-state index in [-0.39, 0.29) is 0 Å². The first-order valence-electron chi connectivity index (χ1n) is 22.8. The summed E-state index contributed by atoms with van der Waals surface area (Å²) < 4.78 is 28.1. The molecule has 0 unspecified atom stereocenters. The van der Waals surface area contributed by atoms with Gasteiger partial charge in [0.2, 0.25) is 0 Å². The van der Waals surface area contributed by atoms with Crippen LogP contribution in [0.4, 0.5) is 0 Å². The summed E-state index contributed by atoms with van der Waals surface area (Å²) in [6.45, 7) is 10.6. The van der Waals surface area contributed by atoms with Crippen LogP contribution in [0.2, 0.25) is 0 Å². The quantitative estimate of drug-likeness (QED) is 0.0375. The van der Waals surface area contributed by atoms with E-state index in [9.17, 15) is 14.4 Å². The summed E-state index contributed by atoms with van der Waals surface area (Å²) >= 11 is 0. The van der Waals surface area contributed by atoms with Crippen LogP contribution in [0.15, 0.2) is 0 Å². The summed E-state index contributed by atoms with van der Waals surface area (Å²) in [6, 6.07) is 0. The Labute approximate surface area is 331 Å². The van der Waals surface area contributed by atoms with E-state index in [1.165, 1.54) is 201 Å². The van der Waals surface area contributed by atoms with Gasteiger partial charge < -0.3 is 29.0 Å². The van der Waals surface area contributed by atoms with Gasteiger partial charge in [0.05, 0.1) is 6.10 Å². The van der Waals surface area contributed by atoms with Crippen molar-refractivity contribution in [1.82, 2.24) is 5.32 Å². The summed E-state index contributed by atoms with van der Waals surface area (Å²) in [5.41, 5.74) is 0. The first-order chi connectivity index (χ1) is 26.3. The van der Waals surface area contributed by atoms with Crippen molar-refractivity contribution in [2.75, 3.05) is 19.7 Å². The smallest absolute Gasteiger partial charge is 0.303 e. The van der Waals surface area contributed by atoms with E-state index in [2.05, 4.69) is 12.2 Å². The van der Waals surface area contributed by atoms with Crippen LogP contribution in [0.25, 0.3) is 0 Å². The largest absolute Gasteiger partial charge is 0.456 e. The highest BCUT2D eigenvalue weighted by atomic mass is 16.7. The second-order valence-corrected chi connectivity index (χ2v) is 16.0. The zero-order valence-electron chi connectivity index (χ0n) is 35.8. The van der Waals surface area contributed by atoms with Crippen molar-refractivity contribution >= 4 is 17.9 Å². The van der Waals surface area contributed by atoms with Crippen molar-refractivity contribution in [3.8, 4) is 0 Å². The molecule has 54 heavy (non-hydrogen) atoms. The van der Waals surface area contributed by atoms with Gasteiger partial charge in [-0.15, -0.1) is 0 Å². The molecule has 0 aliphatic carbocycles. The molecule has 0 aromatic heterocycles. The molecule has 0 aromatic rings. The van der Waals surface area contributed by atoms with Crippen molar-refractivity contribution in [3.05, 3.63) is 0 Å². The van der Waals surface area contributed by atoms with Crippen LogP contribution < -0.4 is 5.32 Å². The van der Waals surface area contributed by atoms with E-state index in [0.29, 0.717) is 6.61 Å². The lowest BCUT2D eigenvalue weighted by Gasteiger charge is -2.43. The monoisotopic (exact) mass is 768 g/mol. The maximum absolute atomic E-state index is 11.8. The van der Waals surface area contributed by atoms with Crippen molar-refractivity contribution in [3.63, 3.8) is 0 Å². The van der Waals surface area contributed by atoms with Gasteiger partial charge >= 0.3 is 17.9 Å². The Bertz CT molecular complexity index is 901. The predicted octanol–water partition coefficient (Wildman–Crippen LogP) is 11.5. The number of carbonyl (C=O) groups is 3. The molecule has 0 aromatic carbocycles. The highest BCUT2D eigenvalue weighted by molar-refractivity contribution is 5.68. The molecule has 1 heterocycles. The fourth-order valence-corrected chi connectivity index (χ4v) is 7.52. The Morgan fingerprint density at radius 1 is 0.444 bits per heavy atom. The average Bonchev–Trinajstić information content (AvgIpc) is 3.12. The first kappa shape index (κ1) is 50.3. The second-order valence-electron chi connectivity index (χ2n) is 16.0. The maximum Gasteiger partial charge on any atom is 0.303 e. The Hall–Kier alpha value is -1.71. The molecule has 0 radical (unpaired) electrons. The fourth-order valence-electron chi connectivity index (χ4n) is 7.52. The summed E-state index contributed by atoms with van der Waals surface area (Å²) in [7, 11) is 0. The van der Waals surface area contributed by atoms with Crippen LogP contribution in [0.3, 0.4) is 0 Å². The van der Waals surface area contributed by atoms with E-state index in [4.69, 9.17) is 23.7 Å². The third-order valence-corrected chi connectivity index (χ3v) is 10.6. The number of esters is 3. The SMILES string of the molecule is CCCCCCCCCCCCCCCCCCNCCCCCCCCCCCCCCCO[C@H]1O[C@@H](C)[C@@H](OC(C)=O)[C@@H](OC(C)=O)[C@@H]1OC(C)=O.